The molecule has 0 aromatic heterocycles. The Hall–Kier alpha value is -0.900. The zero-order valence-electron chi connectivity index (χ0n) is 11.6. The van der Waals surface area contributed by atoms with Crippen LogP contribution in [-0.4, -0.2) is 43.8 Å². The molecule has 1 saturated heterocycles. The van der Waals surface area contributed by atoms with Crippen molar-refractivity contribution in [3.63, 3.8) is 0 Å². The van der Waals surface area contributed by atoms with Crippen LogP contribution in [0.5, 0.6) is 0 Å². The summed E-state index contributed by atoms with van der Waals surface area (Å²) >= 11 is 0. The fourth-order valence-corrected chi connectivity index (χ4v) is 3.06. The topological polar surface area (TPSA) is 24.5 Å². The first-order valence-corrected chi connectivity index (χ1v) is 7.53. The maximum atomic E-state index is 5.99. The van der Waals surface area contributed by atoms with Crippen molar-refractivity contribution in [3.8, 4) is 0 Å². The monoisotopic (exact) mass is 260 g/mol. The lowest BCUT2D eigenvalue weighted by atomic mass is 10.0. The minimum Gasteiger partial charge on any atom is -0.377 e. The Morgan fingerprint density at radius 1 is 1.16 bits per heavy atom. The van der Waals surface area contributed by atoms with Crippen LogP contribution in [0.25, 0.3) is 0 Å². The summed E-state index contributed by atoms with van der Waals surface area (Å²) in [5.74, 6) is 0. The quantitative estimate of drug-likeness (QED) is 0.893. The van der Waals surface area contributed by atoms with Gasteiger partial charge in [-0.15, -0.1) is 0 Å². The lowest BCUT2D eigenvalue weighted by Crippen LogP contribution is -2.36. The highest BCUT2D eigenvalue weighted by Gasteiger charge is 2.17. The molecule has 2 heterocycles. The Balaban J connectivity index is 1.42. The number of fused-ring (bicyclic) bond motifs is 1. The van der Waals surface area contributed by atoms with Crippen LogP contribution in [0, 0.1) is 0 Å². The second kappa shape index (κ2) is 6.51. The summed E-state index contributed by atoms with van der Waals surface area (Å²) in [6, 6.07) is 8.82. The summed E-state index contributed by atoms with van der Waals surface area (Å²) in [5.41, 5.74) is 3.02. The first-order chi connectivity index (χ1) is 9.42. The van der Waals surface area contributed by atoms with Gasteiger partial charge in [0.05, 0.1) is 12.7 Å². The van der Waals surface area contributed by atoms with Crippen molar-refractivity contribution >= 4 is 0 Å². The second-order valence-electron chi connectivity index (χ2n) is 5.62. The third kappa shape index (κ3) is 3.56. The third-order valence-electron chi connectivity index (χ3n) is 4.26. The second-order valence-corrected chi connectivity index (χ2v) is 5.62. The fraction of sp³-hybridized carbons (Fsp3) is 0.625. The van der Waals surface area contributed by atoms with Gasteiger partial charge in [0.2, 0.25) is 0 Å². The van der Waals surface area contributed by atoms with E-state index in [0.717, 1.165) is 32.8 Å². The van der Waals surface area contributed by atoms with Gasteiger partial charge in [-0.05, 0) is 43.5 Å². The standard InChI is InChI=1S/C16H24N2O/c1-2-4-15-13-18(10-7-14(15)3-1)11-12-19-16-5-8-17-9-6-16/h1-4,16-17H,5-13H2. The molecule has 2 aliphatic rings. The van der Waals surface area contributed by atoms with Crippen LogP contribution in [-0.2, 0) is 17.7 Å². The van der Waals surface area contributed by atoms with Gasteiger partial charge < -0.3 is 10.1 Å². The number of nitrogens with zero attached hydrogens (tertiary/aromatic N) is 1. The van der Waals surface area contributed by atoms with Crippen molar-refractivity contribution in [1.29, 1.82) is 0 Å². The molecule has 3 heteroatoms. The molecule has 0 amide bonds. The van der Waals surface area contributed by atoms with Gasteiger partial charge in [-0.1, -0.05) is 24.3 Å². The highest BCUT2D eigenvalue weighted by Crippen LogP contribution is 2.18. The number of nitrogens with one attached hydrogen (secondary N) is 1. The van der Waals surface area contributed by atoms with Gasteiger partial charge in [-0.25, -0.2) is 0 Å². The van der Waals surface area contributed by atoms with Gasteiger partial charge in [-0.3, -0.25) is 4.90 Å². The van der Waals surface area contributed by atoms with E-state index in [1.54, 1.807) is 0 Å². The molecule has 0 aliphatic carbocycles. The van der Waals surface area contributed by atoms with E-state index in [2.05, 4.69) is 34.5 Å². The summed E-state index contributed by atoms with van der Waals surface area (Å²) < 4.78 is 5.99. The number of benzene rings is 1. The van der Waals surface area contributed by atoms with E-state index in [0.29, 0.717) is 6.10 Å². The lowest BCUT2D eigenvalue weighted by Gasteiger charge is -2.30. The third-order valence-corrected chi connectivity index (χ3v) is 4.26. The Bertz CT molecular complexity index is 401. The maximum absolute atomic E-state index is 5.99. The normalized spacial score (nSPS) is 21.3. The molecule has 104 valence electrons. The summed E-state index contributed by atoms with van der Waals surface area (Å²) in [6.07, 6.45) is 4.01. The smallest absolute Gasteiger partial charge is 0.0600 e. The van der Waals surface area contributed by atoms with Crippen molar-refractivity contribution in [2.45, 2.75) is 31.9 Å². The van der Waals surface area contributed by atoms with Crippen molar-refractivity contribution in [3.05, 3.63) is 35.4 Å². The first-order valence-electron chi connectivity index (χ1n) is 7.53. The van der Waals surface area contributed by atoms with Crippen LogP contribution in [0.1, 0.15) is 24.0 Å². The molecule has 2 aliphatic heterocycles. The number of ether oxygens (including phenoxy) is 1. The Morgan fingerprint density at radius 2 is 1.95 bits per heavy atom. The van der Waals surface area contributed by atoms with Crippen LogP contribution < -0.4 is 5.32 Å². The SMILES string of the molecule is c1ccc2c(c1)CCN(CCOC1CCNCC1)C2. The molecule has 0 spiro atoms. The van der Waals surface area contributed by atoms with E-state index in [1.807, 2.05) is 0 Å². The molecular formula is C16H24N2O. The summed E-state index contributed by atoms with van der Waals surface area (Å²) in [6.45, 7) is 6.44. The predicted molar refractivity (Wildman–Crippen MR) is 77.3 cm³/mol. The van der Waals surface area contributed by atoms with E-state index in [4.69, 9.17) is 4.74 Å². The molecule has 3 rings (SSSR count). The van der Waals surface area contributed by atoms with Crippen LogP contribution >= 0.6 is 0 Å². The van der Waals surface area contributed by atoms with Gasteiger partial charge >= 0.3 is 0 Å². The average Bonchev–Trinajstić information content (AvgIpc) is 2.48. The minimum atomic E-state index is 0.485. The first kappa shape index (κ1) is 13.1. The van der Waals surface area contributed by atoms with Gasteiger partial charge in [0, 0.05) is 19.6 Å². The Morgan fingerprint density at radius 3 is 2.79 bits per heavy atom. The summed E-state index contributed by atoms with van der Waals surface area (Å²) in [7, 11) is 0. The molecule has 1 aromatic carbocycles. The van der Waals surface area contributed by atoms with Crippen molar-refractivity contribution < 1.29 is 4.74 Å². The molecule has 0 atom stereocenters. The molecule has 3 nitrogen and oxygen atoms in total. The molecule has 1 aromatic rings. The van der Waals surface area contributed by atoms with Crippen molar-refractivity contribution in [2.24, 2.45) is 0 Å². The van der Waals surface area contributed by atoms with E-state index < -0.39 is 0 Å². The van der Waals surface area contributed by atoms with Crippen LogP contribution in [0.2, 0.25) is 0 Å². The van der Waals surface area contributed by atoms with Gasteiger partial charge in [0.15, 0.2) is 0 Å². The molecule has 1 N–H and O–H groups in total. The molecule has 1 fully saturated rings. The highest BCUT2D eigenvalue weighted by molar-refractivity contribution is 5.28. The van der Waals surface area contributed by atoms with Crippen LogP contribution in [0.4, 0.5) is 0 Å². The number of hydrogen-bond donors (Lipinski definition) is 1. The number of hydrogen-bond acceptors (Lipinski definition) is 3. The van der Waals surface area contributed by atoms with E-state index >= 15 is 0 Å². The molecular weight excluding hydrogens is 236 g/mol. The van der Waals surface area contributed by atoms with Crippen molar-refractivity contribution in [2.75, 3.05) is 32.8 Å². The lowest BCUT2D eigenvalue weighted by molar-refractivity contribution is 0.0184. The molecule has 0 bridgehead atoms. The molecule has 0 saturated carbocycles. The maximum Gasteiger partial charge on any atom is 0.0600 e. The Kier molecular flexibility index (Phi) is 4.49. The van der Waals surface area contributed by atoms with Gasteiger partial charge in [0.25, 0.3) is 0 Å². The summed E-state index contributed by atoms with van der Waals surface area (Å²) in [5, 5.41) is 3.38. The zero-order valence-corrected chi connectivity index (χ0v) is 11.6. The van der Waals surface area contributed by atoms with E-state index in [-0.39, 0.29) is 0 Å². The average molecular weight is 260 g/mol. The van der Waals surface area contributed by atoms with E-state index in [9.17, 15) is 0 Å². The van der Waals surface area contributed by atoms with E-state index in [1.165, 1.54) is 36.9 Å². The number of rotatable bonds is 4. The largest absolute Gasteiger partial charge is 0.377 e. The molecule has 0 radical (unpaired) electrons. The zero-order chi connectivity index (χ0) is 12.9. The van der Waals surface area contributed by atoms with Crippen LogP contribution in [0.15, 0.2) is 24.3 Å². The Labute approximate surface area is 115 Å². The van der Waals surface area contributed by atoms with Crippen molar-refractivity contribution in [1.82, 2.24) is 10.2 Å². The predicted octanol–water partition coefficient (Wildman–Crippen LogP) is 1.81. The number of piperidine rings is 1. The molecule has 0 unspecified atom stereocenters. The summed E-state index contributed by atoms with van der Waals surface area (Å²) in [4.78, 5) is 2.52. The van der Waals surface area contributed by atoms with Crippen LogP contribution in [0.3, 0.4) is 0 Å². The highest BCUT2D eigenvalue weighted by atomic mass is 16.5. The van der Waals surface area contributed by atoms with Gasteiger partial charge in [0.1, 0.15) is 0 Å². The minimum absolute atomic E-state index is 0.485. The van der Waals surface area contributed by atoms with Gasteiger partial charge in [-0.2, -0.15) is 0 Å². The fourth-order valence-electron chi connectivity index (χ4n) is 3.06. The molecule has 19 heavy (non-hydrogen) atoms.